The monoisotopic (exact) mass is 239 g/mol. The van der Waals surface area contributed by atoms with Crippen molar-refractivity contribution in [3.63, 3.8) is 0 Å². The van der Waals surface area contributed by atoms with Gasteiger partial charge in [-0.15, -0.1) is 0 Å². The van der Waals surface area contributed by atoms with Crippen LogP contribution in [0.25, 0.3) is 12.2 Å². The minimum Gasteiger partial charge on any atom is -0.258 e. The maximum Gasteiger partial charge on any atom is 0.276 e. The van der Waals surface area contributed by atoms with Crippen LogP contribution in [0.3, 0.4) is 0 Å². The van der Waals surface area contributed by atoms with E-state index in [2.05, 4.69) is 0 Å². The molecule has 2 rings (SSSR count). The molecule has 2 aromatic rings. The molecule has 0 aliphatic heterocycles. The number of rotatable bonds is 3. The van der Waals surface area contributed by atoms with Crippen LogP contribution in [0.15, 0.2) is 48.5 Å². The quantitative estimate of drug-likeness (QED) is 0.460. The Balaban J connectivity index is 2.29. The van der Waals surface area contributed by atoms with Crippen LogP contribution in [-0.2, 0) is 0 Å². The Labute approximate surface area is 106 Å². The molecule has 0 fully saturated rings. The van der Waals surface area contributed by atoms with Gasteiger partial charge in [-0.05, 0) is 24.6 Å². The molecule has 2 aromatic carbocycles. The van der Waals surface area contributed by atoms with Crippen molar-refractivity contribution in [1.29, 1.82) is 0 Å². The van der Waals surface area contributed by atoms with Crippen LogP contribution in [0.5, 0.6) is 0 Å². The van der Waals surface area contributed by atoms with Gasteiger partial charge in [0.25, 0.3) is 5.69 Å². The molecule has 0 aromatic heterocycles. The molecule has 0 heterocycles. The molecule has 0 amide bonds. The average Bonchev–Trinajstić information content (AvgIpc) is 2.38. The maximum atomic E-state index is 10.8. The lowest BCUT2D eigenvalue weighted by Gasteiger charge is -1.97. The van der Waals surface area contributed by atoms with Crippen molar-refractivity contribution in [2.45, 2.75) is 6.92 Å². The number of para-hydroxylation sites is 1. The first kappa shape index (κ1) is 12.0. The molecule has 0 N–H and O–H groups in total. The zero-order valence-corrected chi connectivity index (χ0v) is 10.0. The second-order valence-electron chi connectivity index (χ2n) is 4.06. The zero-order valence-electron chi connectivity index (χ0n) is 10.0. The van der Waals surface area contributed by atoms with Gasteiger partial charge < -0.3 is 0 Å². The fourth-order valence-electron chi connectivity index (χ4n) is 1.66. The smallest absolute Gasteiger partial charge is 0.258 e. The van der Waals surface area contributed by atoms with Gasteiger partial charge in [-0.25, -0.2) is 0 Å². The van der Waals surface area contributed by atoms with Gasteiger partial charge in [0, 0.05) is 6.07 Å². The highest BCUT2D eigenvalue weighted by atomic mass is 16.6. The molecule has 0 radical (unpaired) electrons. The first-order chi connectivity index (χ1) is 8.66. The average molecular weight is 239 g/mol. The second-order valence-corrected chi connectivity index (χ2v) is 4.06. The van der Waals surface area contributed by atoms with E-state index in [9.17, 15) is 10.1 Å². The largest absolute Gasteiger partial charge is 0.276 e. The van der Waals surface area contributed by atoms with Gasteiger partial charge >= 0.3 is 0 Å². The summed E-state index contributed by atoms with van der Waals surface area (Å²) in [7, 11) is 0. The fraction of sp³-hybridized carbons (Fsp3) is 0.0667. The zero-order chi connectivity index (χ0) is 13.0. The SMILES string of the molecule is Cc1ccc(/C=C/c2ccccc2[N+](=O)[O-])cc1. The Morgan fingerprint density at radius 2 is 1.67 bits per heavy atom. The van der Waals surface area contributed by atoms with Gasteiger partial charge in [-0.1, -0.05) is 48.0 Å². The first-order valence-electron chi connectivity index (χ1n) is 5.65. The van der Waals surface area contributed by atoms with Gasteiger partial charge in [-0.2, -0.15) is 0 Å². The third-order valence-electron chi connectivity index (χ3n) is 2.67. The Bertz CT molecular complexity index is 586. The van der Waals surface area contributed by atoms with Gasteiger partial charge in [0.1, 0.15) is 0 Å². The highest BCUT2D eigenvalue weighted by Crippen LogP contribution is 2.20. The summed E-state index contributed by atoms with van der Waals surface area (Å²) in [4.78, 5) is 10.5. The van der Waals surface area contributed by atoms with Crippen molar-refractivity contribution in [1.82, 2.24) is 0 Å². The number of nitro groups is 1. The molecule has 0 atom stereocenters. The molecule has 0 unspecified atom stereocenters. The van der Waals surface area contributed by atoms with E-state index in [1.165, 1.54) is 11.6 Å². The first-order valence-corrected chi connectivity index (χ1v) is 5.65. The van der Waals surface area contributed by atoms with Gasteiger partial charge in [-0.3, -0.25) is 10.1 Å². The van der Waals surface area contributed by atoms with Gasteiger partial charge in [0.15, 0.2) is 0 Å². The van der Waals surface area contributed by atoms with E-state index in [1.807, 2.05) is 37.3 Å². The van der Waals surface area contributed by atoms with Crippen molar-refractivity contribution < 1.29 is 4.92 Å². The van der Waals surface area contributed by atoms with Crippen LogP contribution in [-0.4, -0.2) is 4.92 Å². The van der Waals surface area contributed by atoms with E-state index in [4.69, 9.17) is 0 Å². The molecule has 3 nitrogen and oxygen atoms in total. The van der Waals surface area contributed by atoms with Crippen molar-refractivity contribution in [3.8, 4) is 0 Å². The maximum absolute atomic E-state index is 10.8. The standard InChI is InChI=1S/C15H13NO2/c1-12-6-8-13(9-7-12)10-11-14-4-2-3-5-15(14)16(17)18/h2-11H,1H3/b11-10+. The lowest BCUT2D eigenvalue weighted by Crippen LogP contribution is -1.90. The predicted octanol–water partition coefficient (Wildman–Crippen LogP) is 4.07. The van der Waals surface area contributed by atoms with Crippen LogP contribution < -0.4 is 0 Å². The molecular weight excluding hydrogens is 226 g/mol. The van der Waals surface area contributed by atoms with E-state index in [1.54, 1.807) is 24.3 Å². The highest BCUT2D eigenvalue weighted by molar-refractivity contribution is 5.74. The van der Waals surface area contributed by atoms with Crippen LogP contribution in [0.1, 0.15) is 16.7 Å². The van der Waals surface area contributed by atoms with E-state index >= 15 is 0 Å². The number of nitrogens with zero attached hydrogens (tertiary/aromatic N) is 1. The van der Waals surface area contributed by atoms with E-state index in [0.29, 0.717) is 5.56 Å². The van der Waals surface area contributed by atoms with Gasteiger partial charge in [0.2, 0.25) is 0 Å². The van der Waals surface area contributed by atoms with Crippen LogP contribution >= 0.6 is 0 Å². The van der Waals surface area contributed by atoms with Crippen molar-refractivity contribution >= 4 is 17.8 Å². The Kier molecular flexibility index (Phi) is 3.53. The molecule has 18 heavy (non-hydrogen) atoms. The molecule has 0 bridgehead atoms. The Morgan fingerprint density at radius 3 is 2.33 bits per heavy atom. The predicted molar refractivity (Wildman–Crippen MR) is 73.2 cm³/mol. The summed E-state index contributed by atoms with van der Waals surface area (Å²) in [5.74, 6) is 0. The van der Waals surface area contributed by atoms with E-state index < -0.39 is 0 Å². The number of aryl methyl sites for hydroxylation is 1. The third kappa shape index (κ3) is 2.83. The van der Waals surface area contributed by atoms with Crippen molar-refractivity contribution in [3.05, 3.63) is 75.3 Å². The Morgan fingerprint density at radius 1 is 1.00 bits per heavy atom. The summed E-state index contributed by atoms with van der Waals surface area (Å²) in [6, 6.07) is 14.7. The van der Waals surface area contributed by atoms with E-state index in [0.717, 1.165) is 5.56 Å². The summed E-state index contributed by atoms with van der Waals surface area (Å²) in [6.45, 7) is 2.02. The van der Waals surface area contributed by atoms with Gasteiger partial charge in [0.05, 0.1) is 10.5 Å². The molecule has 0 saturated carbocycles. The lowest BCUT2D eigenvalue weighted by atomic mass is 10.1. The highest BCUT2D eigenvalue weighted by Gasteiger charge is 2.08. The summed E-state index contributed by atoms with van der Waals surface area (Å²) in [5.41, 5.74) is 2.96. The second kappa shape index (κ2) is 5.27. The molecule has 0 aliphatic rings. The molecule has 0 spiro atoms. The Hall–Kier alpha value is -2.42. The minimum atomic E-state index is -0.366. The topological polar surface area (TPSA) is 43.1 Å². The number of nitro benzene ring substituents is 1. The molecule has 0 aliphatic carbocycles. The van der Waals surface area contributed by atoms with Crippen LogP contribution in [0.2, 0.25) is 0 Å². The van der Waals surface area contributed by atoms with E-state index in [-0.39, 0.29) is 10.6 Å². The minimum absolute atomic E-state index is 0.126. The number of benzene rings is 2. The lowest BCUT2D eigenvalue weighted by molar-refractivity contribution is -0.385. The van der Waals surface area contributed by atoms with Crippen LogP contribution in [0, 0.1) is 17.0 Å². The van der Waals surface area contributed by atoms with Crippen molar-refractivity contribution in [2.75, 3.05) is 0 Å². The third-order valence-corrected chi connectivity index (χ3v) is 2.67. The molecule has 3 heteroatoms. The molecular formula is C15H13NO2. The summed E-state index contributed by atoms with van der Waals surface area (Å²) in [5, 5.41) is 10.8. The normalized spacial score (nSPS) is 10.7. The van der Waals surface area contributed by atoms with Crippen molar-refractivity contribution in [2.24, 2.45) is 0 Å². The number of hydrogen-bond acceptors (Lipinski definition) is 2. The summed E-state index contributed by atoms with van der Waals surface area (Å²) >= 11 is 0. The molecule has 0 saturated heterocycles. The van der Waals surface area contributed by atoms with Crippen LogP contribution in [0.4, 0.5) is 5.69 Å². The summed E-state index contributed by atoms with van der Waals surface area (Å²) < 4.78 is 0. The number of hydrogen-bond donors (Lipinski definition) is 0. The fourth-order valence-corrected chi connectivity index (χ4v) is 1.66. The summed E-state index contributed by atoms with van der Waals surface area (Å²) in [6.07, 6.45) is 3.64. The molecule has 90 valence electrons.